The first-order valence-corrected chi connectivity index (χ1v) is 6.48. The number of aliphatic carboxylic acids is 1. The summed E-state index contributed by atoms with van der Waals surface area (Å²) in [6.45, 7) is 1.82. The third-order valence-corrected chi connectivity index (χ3v) is 3.00. The molecule has 0 radical (unpaired) electrons. The molecular weight excluding hydrogens is 319 g/mol. The van der Waals surface area contributed by atoms with Gasteiger partial charge in [0.15, 0.2) is 0 Å². The Labute approximate surface area is 118 Å². The SMILES string of the molecule is CCCC(NC(=O)Nc1ccc(Br)c(F)c1)C(=O)O. The summed E-state index contributed by atoms with van der Waals surface area (Å²) >= 11 is 2.99. The van der Waals surface area contributed by atoms with E-state index in [1.165, 1.54) is 12.1 Å². The normalized spacial score (nSPS) is 11.7. The van der Waals surface area contributed by atoms with E-state index in [9.17, 15) is 14.0 Å². The molecule has 3 N–H and O–H groups in total. The van der Waals surface area contributed by atoms with Crippen molar-refractivity contribution in [3.05, 3.63) is 28.5 Å². The van der Waals surface area contributed by atoms with E-state index < -0.39 is 23.9 Å². The molecule has 5 nitrogen and oxygen atoms in total. The Morgan fingerprint density at radius 2 is 2.16 bits per heavy atom. The van der Waals surface area contributed by atoms with Crippen molar-refractivity contribution < 1.29 is 19.1 Å². The Morgan fingerprint density at radius 3 is 2.68 bits per heavy atom. The molecule has 1 unspecified atom stereocenters. The number of rotatable bonds is 5. The summed E-state index contributed by atoms with van der Waals surface area (Å²) in [5.74, 6) is -1.61. The number of hydrogen-bond donors (Lipinski definition) is 3. The van der Waals surface area contributed by atoms with E-state index >= 15 is 0 Å². The van der Waals surface area contributed by atoms with E-state index in [4.69, 9.17) is 5.11 Å². The second-order valence-corrected chi connectivity index (χ2v) is 4.76. The molecule has 0 aliphatic rings. The lowest BCUT2D eigenvalue weighted by Gasteiger charge is -2.14. The molecule has 0 bridgehead atoms. The number of benzene rings is 1. The molecule has 1 atom stereocenters. The summed E-state index contributed by atoms with van der Waals surface area (Å²) in [6.07, 6.45) is 0.960. The number of anilines is 1. The molecule has 19 heavy (non-hydrogen) atoms. The average molecular weight is 333 g/mol. The van der Waals surface area contributed by atoms with Gasteiger partial charge in [-0.2, -0.15) is 0 Å². The molecule has 7 heteroatoms. The average Bonchev–Trinajstić information content (AvgIpc) is 2.33. The Kier molecular flexibility index (Phi) is 5.75. The number of carboxylic acids is 1. The zero-order chi connectivity index (χ0) is 14.4. The highest BCUT2D eigenvalue weighted by atomic mass is 79.9. The maximum absolute atomic E-state index is 13.2. The van der Waals surface area contributed by atoms with E-state index in [2.05, 4.69) is 26.6 Å². The van der Waals surface area contributed by atoms with Crippen molar-refractivity contribution in [3.63, 3.8) is 0 Å². The van der Waals surface area contributed by atoms with Crippen molar-refractivity contribution in [3.8, 4) is 0 Å². The van der Waals surface area contributed by atoms with Crippen LogP contribution in [0.5, 0.6) is 0 Å². The number of amides is 2. The van der Waals surface area contributed by atoms with Gasteiger partial charge in [0.1, 0.15) is 11.9 Å². The molecule has 0 heterocycles. The van der Waals surface area contributed by atoms with Crippen LogP contribution in [0.15, 0.2) is 22.7 Å². The van der Waals surface area contributed by atoms with Crippen LogP contribution in [0.2, 0.25) is 0 Å². The minimum Gasteiger partial charge on any atom is -0.480 e. The fraction of sp³-hybridized carbons (Fsp3) is 0.333. The standard InChI is InChI=1S/C12H14BrFN2O3/c1-2-3-10(11(17)18)16-12(19)15-7-4-5-8(13)9(14)6-7/h4-6,10H,2-3H2,1H3,(H,17,18)(H2,15,16,19). The van der Waals surface area contributed by atoms with Gasteiger partial charge in [-0.25, -0.2) is 14.0 Å². The summed E-state index contributed by atoms with van der Waals surface area (Å²) in [6, 6.07) is 2.46. The Balaban J connectivity index is 2.63. The molecule has 2 amide bonds. The van der Waals surface area contributed by atoms with Crippen LogP contribution in [0.4, 0.5) is 14.9 Å². The zero-order valence-corrected chi connectivity index (χ0v) is 11.8. The summed E-state index contributed by atoms with van der Waals surface area (Å²) in [5, 5.41) is 13.6. The molecule has 0 fully saturated rings. The van der Waals surface area contributed by atoms with Gasteiger partial charge in [0.2, 0.25) is 0 Å². The maximum Gasteiger partial charge on any atom is 0.326 e. The lowest BCUT2D eigenvalue weighted by atomic mass is 10.2. The number of carboxylic acid groups (broad SMARTS) is 1. The number of halogens is 2. The zero-order valence-electron chi connectivity index (χ0n) is 10.2. The Morgan fingerprint density at radius 1 is 1.47 bits per heavy atom. The van der Waals surface area contributed by atoms with Crippen LogP contribution in [0.3, 0.4) is 0 Å². The fourth-order valence-corrected chi connectivity index (χ4v) is 1.69. The first kappa shape index (κ1) is 15.4. The van der Waals surface area contributed by atoms with Crippen molar-refractivity contribution in [1.82, 2.24) is 5.32 Å². The van der Waals surface area contributed by atoms with Gasteiger partial charge >= 0.3 is 12.0 Å². The predicted octanol–water partition coefficient (Wildman–Crippen LogP) is 2.96. The lowest BCUT2D eigenvalue weighted by molar-refractivity contribution is -0.139. The molecule has 1 rings (SSSR count). The first-order valence-electron chi connectivity index (χ1n) is 5.69. The molecule has 0 spiro atoms. The van der Waals surface area contributed by atoms with Gasteiger partial charge in [-0.3, -0.25) is 0 Å². The summed E-state index contributed by atoms with van der Waals surface area (Å²) < 4.78 is 13.5. The lowest BCUT2D eigenvalue weighted by Crippen LogP contribution is -2.42. The van der Waals surface area contributed by atoms with Crippen LogP contribution in [0.25, 0.3) is 0 Å². The van der Waals surface area contributed by atoms with E-state index in [0.29, 0.717) is 12.8 Å². The molecule has 1 aromatic rings. The van der Waals surface area contributed by atoms with Crippen molar-refractivity contribution in [2.75, 3.05) is 5.32 Å². The Hall–Kier alpha value is -1.63. The molecule has 0 aliphatic heterocycles. The van der Waals surface area contributed by atoms with Gasteiger partial charge in [-0.15, -0.1) is 0 Å². The van der Waals surface area contributed by atoms with Crippen LogP contribution in [0, 0.1) is 5.82 Å². The van der Waals surface area contributed by atoms with Crippen LogP contribution in [-0.2, 0) is 4.79 Å². The topological polar surface area (TPSA) is 78.4 Å². The number of nitrogens with one attached hydrogen (secondary N) is 2. The molecule has 1 aromatic carbocycles. The van der Waals surface area contributed by atoms with Crippen LogP contribution in [0.1, 0.15) is 19.8 Å². The van der Waals surface area contributed by atoms with E-state index in [1.807, 2.05) is 6.92 Å². The minimum absolute atomic E-state index is 0.249. The highest BCUT2D eigenvalue weighted by molar-refractivity contribution is 9.10. The van der Waals surface area contributed by atoms with E-state index in [-0.39, 0.29) is 10.2 Å². The third-order valence-electron chi connectivity index (χ3n) is 2.36. The fourth-order valence-electron chi connectivity index (χ4n) is 1.45. The molecule has 0 aromatic heterocycles. The van der Waals surface area contributed by atoms with Crippen LogP contribution in [-0.4, -0.2) is 23.1 Å². The number of carbonyl (C=O) groups is 2. The van der Waals surface area contributed by atoms with Gasteiger partial charge in [0.05, 0.1) is 4.47 Å². The van der Waals surface area contributed by atoms with Gasteiger partial charge in [0.25, 0.3) is 0 Å². The van der Waals surface area contributed by atoms with Crippen molar-refractivity contribution >= 4 is 33.6 Å². The van der Waals surface area contributed by atoms with Gasteiger partial charge in [-0.05, 0) is 40.5 Å². The van der Waals surface area contributed by atoms with Crippen LogP contribution >= 0.6 is 15.9 Å². The Bertz CT molecular complexity index is 482. The summed E-state index contributed by atoms with van der Waals surface area (Å²) in [7, 11) is 0. The van der Waals surface area contributed by atoms with Crippen molar-refractivity contribution in [1.29, 1.82) is 0 Å². The maximum atomic E-state index is 13.2. The second-order valence-electron chi connectivity index (χ2n) is 3.91. The molecule has 0 aliphatic carbocycles. The minimum atomic E-state index is -1.10. The first-order chi connectivity index (χ1) is 8.93. The number of hydrogen-bond acceptors (Lipinski definition) is 2. The summed E-state index contributed by atoms with van der Waals surface area (Å²) in [4.78, 5) is 22.4. The molecular formula is C12H14BrFN2O3. The quantitative estimate of drug-likeness (QED) is 0.775. The predicted molar refractivity (Wildman–Crippen MR) is 72.6 cm³/mol. The smallest absolute Gasteiger partial charge is 0.326 e. The van der Waals surface area contributed by atoms with Gasteiger partial charge in [-0.1, -0.05) is 13.3 Å². The monoisotopic (exact) mass is 332 g/mol. The van der Waals surface area contributed by atoms with E-state index in [0.717, 1.165) is 6.07 Å². The van der Waals surface area contributed by atoms with Crippen molar-refractivity contribution in [2.24, 2.45) is 0 Å². The van der Waals surface area contributed by atoms with E-state index in [1.54, 1.807) is 0 Å². The highest BCUT2D eigenvalue weighted by Crippen LogP contribution is 2.19. The van der Waals surface area contributed by atoms with Crippen molar-refractivity contribution in [2.45, 2.75) is 25.8 Å². The summed E-state index contributed by atoms with van der Waals surface area (Å²) in [5.41, 5.74) is 0.249. The molecule has 0 saturated heterocycles. The van der Waals surface area contributed by atoms with Crippen LogP contribution < -0.4 is 10.6 Å². The largest absolute Gasteiger partial charge is 0.480 e. The van der Waals surface area contributed by atoms with Gasteiger partial charge < -0.3 is 15.7 Å². The highest BCUT2D eigenvalue weighted by Gasteiger charge is 2.18. The molecule has 104 valence electrons. The third kappa shape index (κ3) is 4.86. The molecule has 0 saturated carbocycles. The second kappa shape index (κ2) is 7.08. The number of carbonyl (C=O) groups excluding carboxylic acids is 1. The number of urea groups is 1. The van der Waals surface area contributed by atoms with Gasteiger partial charge in [0, 0.05) is 5.69 Å².